The van der Waals surface area contributed by atoms with Crippen LogP contribution in [0.5, 0.6) is 0 Å². The van der Waals surface area contributed by atoms with E-state index < -0.39 is 0 Å². The smallest absolute Gasteiger partial charge is 0.116 e. The maximum Gasteiger partial charge on any atom is 0.116 e. The van der Waals surface area contributed by atoms with Crippen LogP contribution in [0.15, 0.2) is 35.3 Å². The summed E-state index contributed by atoms with van der Waals surface area (Å²) in [6, 6.07) is 0. The Morgan fingerprint density at radius 1 is 1.12 bits per heavy atom. The van der Waals surface area contributed by atoms with Crippen molar-refractivity contribution in [2.75, 3.05) is 13.2 Å². The molecule has 17 heavy (non-hydrogen) atoms. The van der Waals surface area contributed by atoms with Crippen LogP contribution in [0.3, 0.4) is 0 Å². The van der Waals surface area contributed by atoms with Crippen LogP contribution in [-0.4, -0.2) is 13.2 Å². The van der Waals surface area contributed by atoms with E-state index >= 15 is 0 Å². The Morgan fingerprint density at radius 3 is 2.88 bits per heavy atom. The van der Waals surface area contributed by atoms with E-state index in [1.165, 1.54) is 24.2 Å². The Bertz CT molecular complexity index is 403. The molecule has 2 nitrogen and oxygen atoms in total. The highest BCUT2D eigenvalue weighted by Gasteiger charge is 2.31. The molecule has 3 aliphatic rings. The van der Waals surface area contributed by atoms with Crippen LogP contribution in [0.1, 0.15) is 26.7 Å². The van der Waals surface area contributed by atoms with Gasteiger partial charge in [-0.1, -0.05) is 6.92 Å². The highest BCUT2D eigenvalue weighted by molar-refractivity contribution is 5.30. The normalized spacial score (nSPS) is 36.1. The minimum Gasteiger partial charge on any atom is -0.497 e. The number of ether oxygens (including phenoxy) is 2. The molecule has 2 aliphatic heterocycles. The number of rotatable bonds is 0. The summed E-state index contributed by atoms with van der Waals surface area (Å²) in [5, 5.41) is 0. The van der Waals surface area contributed by atoms with Gasteiger partial charge in [-0.05, 0) is 49.5 Å². The fourth-order valence-electron chi connectivity index (χ4n) is 2.98. The number of hydrogen-bond acceptors (Lipinski definition) is 2. The molecule has 0 spiro atoms. The zero-order valence-corrected chi connectivity index (χ0v) is 10.6. The maximum atomic E-state index is 5.82. The van der Waals surface area contributed by atoms with Crippen LogP contribution in [0.4, 0.5) is 0 Å². The molecule has 2 bridgehead atoms. The minimum absolute atomic E-state index is 0.598. The third kappa shape index (κ3) is 2.13. The number of fused-ring (bicyclic) bond motifs is 2. The molecule has 0 N–H and O–H groups in total. The van der Waals surface area contributed by atoms with Gasteiger partial charge in [0.2, 0.25) is 0 Å². The van der Waals surface area contributed by atoms with E-state index in [-0.39, 0.29) is 0 Å². The minimum atomic E-state index is 0.598. The van der Waals surface area contributed by atoms with Crippen molar-refractivity contribution < 1.29 is 9.47 Å². The van der Waals surface area contributed by atoms with E-state index in [0.29, 0.717) is 17.8 Å². The van der Waals surface area contributed by atoms with Crippen LogP contribution < -0.4 is 0 Å². The number of hydrogen-bond donors (Lipinski definition) is 0. The number of allylic oxidation sites excluding steroid dienone is 4. The second-order valence-electron chi connectivity index (χ2n) is 5.55. The van der Waals surface area contributed by atoms with Gasteiger partial charge >= 0.3 is 0 Å². The summed E-state index contributed by atoms with van der Waals surface area (Å²) in [6.07, 6.45) is 9.03. The van der Waals surface area contributed by atoms with E-state index in [4.69, 9.17) is 9.47 Å². The average Bonchev–Trinajstić information content (AvgIpc) is 2.84. The predicted octanol–water partition coefficient (Wildman–Crippen LogP) is 3.42. The first-order chi connectivity index (χ1) is 8.22. The van der Waals surface area contributed by atoms with Crippen molar-refractivity contribution in [2.45, 2.75) is 26.7 Å². The monoisotopic (exact) mass is 232 g/mol. The van der Waals surface area contributed by atoms with Crippen LogP contribution >= 0.6 is 0 Å². The van der Waals surface area contributed by atoms with E-state index in [2.05, 4.69) is 32.1 Å². The Balaban J connectivity index is 1.92. The van der Waals surface area contributed by atoms with Gasteiger partial charge in [-0.3, -0.25) is 0 Å². The Labute approximate surface area is 103 Å². The Morgan fingerprint density at radius 2 is 2.00 bits per heavy atom. The summed E-state index contributed by atoms with van der Waals surface area (Å²) in [6.45, 7) is 6.15. The van der Waals surface area contributed by atoms with Gasteiger partial charge in [-0.2, -0.15) is 0 Å². The Hall–Kier alpha value is -1.18. The predicted molar refractivity (Wildman–Crippen MR) is 67.2 cm³/mol. The highest BCUT2D eigenvalue weighted by atomic mass is 16.5. The summed E-state index contributed by atoms with van der Waals surface area (Å²) in [4.78, 5) is 0. The zero-order valence-electron chi connectivity index (χ0n) is 10.6. The summed E-state index contributed by atoms with van der Waals surface area (Å²) < 4.78 is 11.5. The van der Waals surface area contributed by atoms with Crippen LogP contribution in [-0.2, 0) is 9.47 Å². The molecule has 3 atom stereocenters. The lowest BCUT2D eigenvalue weighted by molar-refractivity contribution is 0.220. The molecule has 0 aromatic rings. The first-order valence-corrected chi connectivity index (χ1v) is 6.59. The van der Waals surface area contributed by atoms with Crippen molar-refractivity contribution in [3.05, 3.63) is 35.3 Å². The molecule has 1 aliphatic carbocycles. The molecule has 0 radical (unpaired) electrons. The van der Waals surface area contributed by atoms with Gasteiger partial charge < -0.3 is 9.47 Å². The third-order valence-corrected chi connectivity index (χ3v) is 4.02. The van der Waals surface area contributed by atoms with Crippen molar-refractivity contribution in [1.29, 1.82) is 0 Å². The first-order valence-electron chi connectivity index (χ1n) is 6.59. The van der Waals surface area contributed by atoms with E-state index in [9.17, 15) is 0 Å². The molecule has 1 saturated heterocycles. The standard InChI is InChI=1S/C15H20O2/c1-10-5-13-7-12(9-16-13)3-4-14-11(2)8-17-15(14)6-10/h5-7,11-12,14H,3-4,8-9H2,1-2H3/t11?,12-,14+/m1/s1. The lowest BCUT2D eigenvalue weighted by atomic mass is 9.87. The van der Waals surface area contributed by atoms with Crippen molar-refractivity contribution >= 4 is 0 Å². The van der Waals surface area contributed by atoms with Gasteiger partial charge in [0.05, 0.1) is 19.0 Å². The van der Waals surface area contributed by atoms with Crippen LogP contribution in [0.2, 0.25) is 0 Å². The highest BCUT2D eigenvalue weighted by Crippen LogP contribution is 2.37. The fourth-order valence-corrected chi connectivity index (χ4v) is 2.98. The van der Waals surface area contributed by atoms with Crippen LogP contribution in [0.25, 0.3) is 0 Å². The van der Waals surface area contributed by atoms with Gasteiger partial charge in [-0.25, -0.2) is 0 Å². The van der Waals surface area contributed by atoms with Gasteiger partial charge in [0.1, 0.15) is 5.76 Å². The molecule has 2 heteroatoms. The molecule has 0 aromatic carbocycles. The van der Waals surface area contributed by atoms with Gasteiger partial charge in [0, 0.05) is 11.8 Å². The van der Waals surface area contributed by atoms with E-state index in [1.807, 2.05) is 0 Å². The summed E-state index contributed by atoms with van der Waals surface area (Å²) >= 11 is 0. The quantitative estimate of drug-likeness (QED) is 0.637. The van der Waals surface area contributed by atoms with Crippen molar-refractivity contribution in [2.24, 2.45) is 17.8 Å². The first kappa shape index (κ1) is 10.9. The average molecular weight is 232 g/mol. The van der Waals surface area contributed by atoms with Gasteiger partial charge in [0.15, 0.2) is 0 Å². The molecule has 0 saturated carbocycles. The molecule has 1 fully saturated rings. The molecule has 1 unspecified atom stereocenters. The molecule has 0 aromatic heterocycles. The summed E-state index contributed by atoms with van der Waals surface area (Å²) in [5.41, 5.74) is 1.23. The molecule has 92 valence electrons. The van der Waals surface area contributed by atoms with Crippen molar-refractivity contribution in [1.82, 2.24) is 0 Å². The largest absolute Gasteiger partial charge is 0.497 e. The lowest BCUT2D eigenvalue weighted by Crippen LogP contribution is -2.10. The Kier molecular flexibility index (Phi) is 2.73. The molecule has 2 heterocycles. The van der Waals surface area contributed by atoms with Crippen LogP contribution in [0, 0.1) is 17.8 Å². The topological polar surface area (TPSA) is 18.5 Å². The molecule has 0 amide bonds. The molecular weight excluding hydrogens is 212 g/mol. The molecule has 3 rings (SSSR count). The van der Waals surface area contributed by atoms with Crippen molar-refractivity contribution in [3.8, 4) is 0 Å². The van der Waals surface area contributed by atoms with E-state index in [1.54, 1.807) is 0 Å². The molecular formula is C15H20O2. The second kappa shape index (κ2) is 4.25. The van der Waals surface area contributed by atoms with E-state index in [0.717, 1.165) is 19.0 Å². The second-order valence-corrected chi connectivity index (χ2v) is 5.55. The third-order valence-electron chi connectivity index (χ3n) is 4.02. The fraction of sp³-hybridized carbons (Fsp3) is 0.600. The lowest BCUT2D eigenvalue weighted by Gasteiger charge is -2.15. The maximum absolute atomic E-state index is 5.82. The SMILES string of the molecule is CC1=CC2=C[C@@H](CC[C@@H]3C(=C1)OCC3C)CO2. The zero-order chi connectivity index (χ0) is 11.8. The van der Waals surface area contributed by atoms with Gasteiger partial charge in [-0.15, -0.1) is 0 Å². The van der Waals surface area contributed by atoms with Crippen molar-refractivity contribution in [3.63, 3.8) is 0 Å². The summed E-state index contributed by atoms with van der Waals surface area (Å²) in [7, 11) is 0. The summed E-state index contributed by atoms with van der Waals surface area (Å²) in [5.74, 6) is 4.08. The van der Waals surface area contributed by atoms with Gasteiger partial charge in [0.25, 0.3) is 0 Å².